The Kier molecular flexibility index (Phi) is 1.96. The summed E-state index contributed by atoms with van der Waals surface area (Å²) in [5.74, 6) is 0.642. The third kappa shape index (κ3) is 1.32. The van der Waals surface area contributed by atoms with Crippen LogP contribution in [0.5, 0.6) is 0 Å². The highest BCUT2D eigenvalue weighted by Gasteiger charge is 2.19. The minimum atomic E-state index is 0.642. The van der Waals surface area contributed by atoms with Crippen LogP contribution in [0, 0.1) is 0 Å². The van der Waals surface area contributed by atoms with Gasteiger partial charge < -0.3 is 5.32 Å². The van der Waals surface area contributed by atoms with Gasteiger partial charge in [0.1, 0.15) is 4.60 Å². The topological polar surface area (TPSA) is 40.7 Å². The van der Waals surface area contributed by atoms with Crippen LogP contribution in [0.15, 0.2) is 10.8 Å². The number of hydrogen-bond acceptors (Lipinski definition) is 2. The highest BCUT2D eigenvalue weighted by Crippen LogP contribution is 2.26. The van der Waals surface area contributed by atoms with Gasteiger partial charge in [0.05, 0.1) is 6.20 Å². The van der Waals surface area contributed by atoms with E-state index in [0.717, 1.165) is 17.7 Å². The number of H-pyrrole nitrogens is 1. The Morgan fingerprint density at radius 3 is 3.09 bits per heavy atom. The predicted octanol–water partition coefficient (Wildman–Crippen LogP) is 1.25. The van der Waals surface area contributed by atoms with E-state index in [0.29, 0.717) is 5.92 Å². The first-order valence-electron chi connectivity index (χ1n) is 3.77. The van der Waals surface area contributed by atoms with Crippen molar-refractivity contribution in [1.82, 2.24) is 15.5 Å². The second kappa shape index (κ2) is 2.95. The van der Waals surface area contributed by atoms with Gasteiger partial charge >= 0.3 is 0 Å². The summed E-state index contributed by atoms with van der Waals surface area (Å²) in [4.78, 5) is 0. The molecule has 0 bridgehead atoms. The van der Waals surface area contributed by atoms with E-state index in [4.69, 9.17) is 0 Å². The fourth-order valence-electron chi connectivity index (χ4n) is 1.48. The summed E-state index contributed by atoms with van der Waals surface area (Å²) in [6.45, 7) is 2.21. The van der Waals surface area contributed by atoms with Crippen LogP contribution in [0.3, 0.4) is 0 Å². The summed E-state index contributed by atoms with van der Waals surface area (Å²) in [7, 11) is 0. The third-order valence-corrected chi connectivity index (χ3v) is 2.76. The molecule has 0 radical (unpaired) electrons. The van der Waals surface area contributed by atoms with Crippen molar-refractivity contribution >= 4 is 15.9 Å². The largest absolute Gasteiger partial charge is 0.316 e. The van der Waals surface area contributed by atoms with Gasteiger partial charge in [-0.15, -0.1) is 0 Å². The van der Waals surface area contributed by atoms with Crippen LogP contribution in [0.2, 0.25) is 0 Å². The Morgan fingerprint density at radius 1 is 1.64 bits per heavy atom. The Labute approximate surface area is 73.7 Å². The number of hydrogen-bond donors (Lipinski definition) is 2. The molecule has 1 unspecified atom stereocenters. The molecule has 1 saturated heterocycles. The lowest BCUT2D eigenvalue weighted by atomic mass is 10.0. The van der Waals surface area contributed by atoms with Crippen molar-refractivity contribution in [3.8, 4) is 0 Å². The first kappa shape index (κ1) is 7.31. The number of nitrogens with one attached hydrogen (secondary N) is 2. The molecule has 3 nitrogen and oxygen atoms in total. The van der Waals surface area contributed by atoms with Crippen molar-refractivity contribution in [2.24, 2.45) is 0 Å². The summed E-state index contributed by atoms with van der Waals surface area (Å²) in [5.41, 5.74) is 1.30. The molecule has 4 heteroatoms. The Hall–Kier alpha value is -0.350. The molecule has 0 spiro atoms. The summed E-state index contributed by atoms with van der Waals surface area (Å²) in [6, 6.07) is 0. The number of aromatic nitrogens is 2. The van der Waals surface area contributed by atoms with Gasteiger partial charge in [-0.25, -0.2) is 0 Å². The van der Waals surface area contributed by atoms with E-state index in [-0.39, 0.29) is 0 Å². The fraction of sp³-hybridized carbons (Fsp3) is 0.571. The maximum absolute atomic E-state index is 3.97. The summed E-state index contributed by atoms with van der Waals surface area (Å²) < 4.78 is 1.03. The minimum Gasteiger partial charge on any atom is -0.316 e. The van der Waals surface area contributed by atoms with E-state index in [1.54, 1.807) is 0 Å². The van der Waals surface area contributed by atoms with E-state index in [9.17, 15) is 0 Å². The van der Waals surface area contributed by atoms with E-state index >= 15 is 0 Å². The molecule has 2 heterocycles. The summed E-state index contributed by atoms with van der Waals surface area (Å²) >= 11 is 3.43. The van der Waals surface area contributed by atoms with Gasteiger partial charge in [0.2, 0.25) is 0 Å². The summed E-state index contributed by atoms with van der Waals surface area (Å²) in [5, 5.41) is 10.2. The van der Waals surface area contributed by atoms with Gasteiger partial charge in [-0.05, 0) is 28.9 Å². The Balaban J connectivity index is 2.21. The average molecular weight is 216 g/mol. The molecule has 0 saturated carbocycles. The summed E-state index contributed by atoms with van der Waals surface area (Å²) in [6.07, 6.45) is 3.12. The van der Waals surface area contributed by atoms with E-state index in [2.05, 4.69) is 31.4 Å². The number of rotatable bonds is 1. The molecule has 0 amide bonds. The monoisotopic (exact) mass is 215 g/mol. The van der Waals surface area contributed by atoms with Gasteiger partial charge in [0.15, 0.2) is 0 Å². The van der Waals surface area contributed by atoms with Gasteiger partial charge in [0, 0.05) is 18.0 Å². The predicted molar refractivity (Wildman–Crippen MR) is 46.5 cm³/mol. The van der Waals surface area contributed by atoms with Gasteiger partial charge in [-0.2, -0.15) is 5.10 Å². The minimum absolute atomic E-state index is 0.642. The normalized spacial score (nSPS) is 24.3. The van der Waals surface area contributed by atoms with Crippen LogP contribution in [-0.2, 0) is 0 Å². The first-order valence-corrected chi connectivity index (χ1v) is 4.56. The second-order valence-electron chi connectivity index (χ2n) is 2.83. The second-order valence-corrected chi connectivity index (χ2v) is 3.62. The van der Waals surface area contributed by atoms with Gasteiger partial charge in [-0.1, -0.05) is 0 Å². The fourth-order valence-corrected chi connectivity index (χ4v) is 2.01. The molecular weight excluding hydrogens is 206 g/mol. The van der Waals surface area contributed by atoms with E-state index in [1.807, 2.05) is 6.20 Å². The zero-order valence-electron chi connectivity index (χ0n) is 6.10. The van der Waals surface area contributed by atoms with Crippen molar-refractivity contribution in [3.05, 3.63) is 16.4 Å². The van der Waals surface area contributed by atoms with Crippen LogP contribution in [0.4, 0.5) is 0 Å². The smallest absolute Gasteiger partial charge is 0.104 e. The molecule has 0 aliphatic carbocycles. The highest BCUT2D eigenvalue weighted by molar-refractivity contribution is 9.10. The molecule has 1 fully saturated rings. The molecule has 1 aromatic rings. The lowest BCUT2D eigenvalue weighted by Crippen LogP contribution is -2.07. The molecule has 1 aliphatic heterocycles. The highest BCUT2D eigenvalue weighted by atomic mass is 79.9. The van der Waals surface area contributed by atoms with E-state index < -0.39 is 0 Å². The molecule has 2 N–H and O–H groups in total. The lowest BCUT2D eigenvalue weighted by Gasteiger charge is -2.03. The maximum atomic E-state index is 3.97. The molecule has 2 rings (SSSR count). The van der Waals surface area contributed by atoms with Crippen molar-refractivity contribution in [3.63, 3.8) is 0 Å². The first-order chi connectivity index (χ1) is 5.38. The van der Waals surface area contributed by atoms with Crippen LogP contribution in [-0.4, -0.2) is 23.3 Å². The maximum Gasteiger partial charge on any atom is 0.104 e. The average Bonchev–Trinajstić information content (AvgIpc) is 2.55. The van der Waals surface area contributed by atoms with E-state index in [1.165, 1.54) is 12.0 Å². The van der Waals surface area contributed by atoms with Crippen LogP contribution < -0.4 is 5.32 Å². The third-order valence-electron chi connectivity index (χ3n) is 2.12. The lowest BCUT2D eigenvalue weighted by molar-refractivity contribution is 0.760. The Bertz CT molecular complexity index is 240. The number of nitrogens with zero attached hydrogens (tertiary/aromatic N) is 1. The van der Waals surface area contributed by atoms with Gasteiger partial charge in [-0.3, -0.25) is 5.10 Å². The van der Waals surface area contributed by atoms with Crippen LogP contribution in [0.1, 0.15) is 17.9 Å². The molecule has 1 atom stereocenters. The molecule has 0 aromatic carbocycles. The zero-order chi connectivity index (χ0) is 7.68. The number of aromatic amines is 1. The standard InChI is InChI=1S/C7H10BrN3/c8-7-6(4-10-11-7)5-1-2-9-3-5/h4-5,9H,1-3H2,(H,10,11). The van der Waals surface area contributed by atoms with Crippen molar-refractivity contribution in [2.45, 2.75) is 12.3 Å². The van der Waals surface area contributed by atoms with Gasteiger partial charge in [0.25, 0.3) is 0 Å². The molecule has 1 aromatic heterocycles. The molecule has 1 aliphatic rings. The van der Waals surface area contributed by atoms with Crippen molar-refractivity contribution in [2.75, 3.05) is 13.1 Å². The zero-order valence-corrected chi connectivity index (χ0v) is 7.69. The van der Waals surface area contributed by atoms with Crippen LogP contribution in [0.25, 0.3) is 0 Å². The molecule has 11 heavy (non-hydrogen) atoms. The van der Waals surface area contributed by atoms with Crippen molar-refractivity contribution in [1.29, 1.82) is 0 Å². The molecule has 60 valence electrons. The van der Waals surface area contributed by atoms with Crippen LogP contribution >= 0.6 is 15.9 Å². The van der Waals surface area contributed by atoms with Crippen molar-refractivity contribution < 1.29 is 0 Å². The molecular formula is C7H10BrN3. The quantitative estimate of drug-likeness (QED) is 0.741. The number of halogens is 1. The SMILES string of the molecule is Brc1[nH]ncc1C1CCNC1. The Morgan fingerprint density at radius 2 is 2.55 bits per heavy atom.